The Kier molecular flexibility index (Phi) is 11.1. The van der Waals surface area contributed by atoms with Crippen LogP contribution in [-0.2, 0) is 19.1 Å². The van der Waals surface area contributed by atoms with Crippen molar-refractivity contribution in [2.45, 2.75) is 101 Å². The van der Waals surface area contributed by atoms with Crippen molar-refractivity contribution < 1.29 is 33.3 Å². The van der Waals surface area contributed by atoms with Crippen molar-refractivity contribution in [2.24, 2.45) is 11.8 Å². The SMILES string of the molecule is C=CCCC[C@H]1CCC[C@@]1(C)OC(=O)N[C@H](C(=O)N1C[C@H](Oc2cc3cc(OC)ccc3nc2Br)C[C@H]1C(=O)OC)C1CCCC1. The molecule has 10 nitrogen and oxygen atoms in total. The van der Waals surface area contributed by atoms with Gasteiger partial charge in [-0.2, -0.15) is 0 Å². The summed E-state index contributed by atoms with van der Waals surface area (Å²) in [6.07, 6.45) is 10.4. The molecule has 5 rings (SSSR count). The summed E-state index contributed by atoms with van der Waals surface area (Å²) in [7, 11) is 2.92. The van der Waals surface area contributed by atoms with Crippen LogP contribution in [0.1, 0.15) is 77.6 Å². The van der Waals surface area contributed by atoms with Gasteiger partial charge in [0.15, 0.2) is 5.75 Å². The maximum absolute atomic E-state index is 14.3. The maximum atomic E-state index is 14.3. The molecule has 1 aromatic heterocycles. The Balaban J connectivity index is 1.32. The van der Waals surface area contributed by atoms with Gasteiger partial charge in [0.25, 0.3) is 0 Å². The van der Waals surface area contributed by atoms with Gasteiger partial charge in [0.2, 0.25) is 5.91 Å². The van der Waals surface area contributed by atoms with E-state index in [-0.39, 0.29) is 30.7 Å². The minimum atomic E-state index is -0.849. The number of carbonyl (C=O) groups is 3. The average Bonchev–Trinajstić information content (AvgIpc) is 3.80. The third-order valence-corrected chi connectivity index (χ3v) is 10.6. The Hall–Kier alpha value is -3.34. The van der Waals surface area contributed by atoms with Crippen molar-refractivity contribution in [1.29, 1.82) is 0 Å². The Labute approximate surface area is 279 Å². The minimum Gasteiger partial charge on any atom is -0.497 e. The molecular weight excluding hydrogens is 654 g/mol. The quantitative estimate of drug-likeness (QED) is 0.112. The van der Waals surface area contributed by atoms with Crippen molar-refractivity contribution >= 4 is 44.8 Å². The Bertz CT molecular complexity index is 1430. The number of ether oxygens (including phenoxy) is 4. The molecule has 3 aliphatic rings. The number of unbranched alkanes of at least 4 members (excludes halogenated alkanes) is 1. The van der Waals surface area contributed by atoms with E-state index in [9.17, 15) is 14.4 Å². The highest BCUT2D eigenvalue weighted by atomic mass is 79.9. The molecule has 0 bridgehead atoms. The number of pyridine rings is 1. The summed E-state index contributed by atoms with van der Waals surface area (Å²) in [6.45, 7) is 5.99. The predicted octanol–water partition coefficient (Wildman–Crippen LogP) is 6.73. The van der Waals surface area contributed by atoms with Crippen LogP contribution in [0.25, 0.3) is 10.9 Å². The van der Waals surface area contributed by atoms with Crippen LogP contribution in [0.2, 0.25) is 0 Å². The van der Waals surface area contributed by atoms with E-state index in [1.807, 2.05) is 37.3 Å². The molecule has 1 saturated heterocycles. The Morgan fingerprint density at radius 1 is 1.17 bits per heavy atom. The largest absolute Gasteiger partial charge is 0.497 e. The number of halogens is 1. The summed E-state index contributed by atoms with van der Waals surface area (Å²) in [4.78, 5) is 46.9. The molecule has 2 aromatic rings. The van der Waals surface area contributed by atoms with Gasteiger partial charge in [-0.1, -0.05) is 18.9 Å². The second kappa shape index (κ2) is 15.0. The Morgan fingerprint density at radius 3 is 2.67 bits per heavy atom. The molecule has 11 heteroatoms. The van der Waals surface area contributed by atoms with Gasteiger partial charge in [0, 0.05) is 11.8 Å². The molecule has 3 fully saturated rings. The number of esters is 1. The lowest BCUT2D eigenvalue weighted by molar-refractivity contribution is -0.152. The zero-order valence-electron chi connectivity index (χ0n) is 27.1. The van der Waals surface area contributed by atoms with E-state index in [1.54, 1.807) is 7.11 Å². The number of carbonyl (C=O) groups excluding carboxylic acids is 3. The lowest BCUT2D eigenvalue weighted by Gasteiger charge is -2.34. The van der Waals surface area contributed by atoms with E-state index < -0.39 is 35.9 Å². The highest BCUT2D eigenvalue weighted by Crippen LogP contribution is 2.42. The standard InChI is InChI=1S/C35H46BrN3O7/c1-5-6-7-13-24-14-10-17-35(24,2)46-34(42)38-30(22-11-8-9-12-22)32(40)39-21-26(20-28(39)33(41)44-4)45-29-19-23-18-25(43-3)15-16-27(23)37-31(29)36/h5,15-16,18-19,22,24,26,28,30H,1,6-14,17,20-21H2,2-4H3,(H,38,42)/t24-,26+,28-,30-,35+/m0/s1. The van der Waals surface area contributed by atoms with E-state index in [1.165, 1.54) is 12.0 Å². The summed E-state index contributed by atoms with van der Waals surface area (Å²) < 4.78 is 23.5. The first-order valence-corrected chi connectivity index (χ1v) is 17.2. The fourth-order valence-electron chi connectivity index (χ4n) is 7.51. The second-order valence-electron chi connectivity index (χ2n) is 13.0. The number of hydrogen-bond donors (Lipinski definition) is 1. The number of nitrogens with zero attached hydrogens (tertiary/aromatic N) is 2. The third-order valence-electron chi connectivity index (χ3n) is 10.0. The van der Waals surface area contributed by atoms with Gasteiger partial charge >= 0.3 is 12.1 Å². The fourth-order valence-corrected chi connectivity index (χ4v) is 7.91. The monoisotopic (exact) mass is 699 g/mol. The molecule has 2 heterocycles. The van der Waals surface area contributed by atoms with E-state index in [0.29, 0.717) is 16.1 Å². The molecule has 250 valence electrons. The summed E-state index contributed by atoms with van der Waals surface area (Å²) in [5.41, 5.74) is 0.184. The summed E-state index contributed by atoms with van der Waals surface area (Å²) in [6, 6.07) is 5.77. The molecule has 2 aliphatic carbocycles. The number of fused-ring (bicyclic) bond motifs is 1. The van der Waals surface area contributed by atoms with Crippen molar-refractivity contribution in [1.82, 2.24) is 15.2 Å². The number of alkyl carbamates (subject to hydrolysis) is 1. The van der Waals surface area contributed by atoms with E-state index in [4.69, 9.17) is 18.9 Å². The smallest absolute Gasteiger partial charge is 0.408 e. The van der Waals surface area contributed by atoms with Crippen LogP contribution >= 0.6 is 15.9 Å². The molecule has 2 saturated carbocycles. The van der Waals surface area contributed by atoms with Gasteiger partial charge in [-0.3, -0.25) is 4.79 Å². The molecule has 0 radical (unpaired) electrons. The highest BCUT2D eigenvalue weighted by molar-refractivity contribution is 9.10. The number of nitrogens with one attached hydrogen (secondary N) is 1. The number of aromatic nitrogens is 1. The zero-order valence-corrected chi connectivity index (χ0v) is 28.7. The molecule has 46 heavy (non-hydrogen) atoms. The van der Waals surface area contributed by atoms with E-state index in [2.05, 4.69) is 32.8 Å². The van der Waals surface area contributed by atoms with Crippen LogP contribution in [0.5, 0.6) is 11.5 Å². The molecule has 5 atom stereocenters. The lowest BCUT2D eigenvalue weighted by atomic mass is 9.88. The van der Waals surface area contributed by atoms with Crippen LogP contribution in [0, 0.1) is 11.8 Å². The van der Waals surface area contributed by atoms with Crippen LogP contribution in [0.15, 0.2) is 41.5 Å². The maximum Gasteiger partial charge on any atom is 0.408 e. The van der Waals surface area contributed by atoms with Crippen LogP contribution in [0.3, 0.4) is 0 Å². The van der Waals surface area contributed by atoms with Crippen molar-refractivity contribution in [3.8, 4) is 11.5 Å². The topological polar surface area (TPSA) is 116 Å². The number of benzene rings is 1. The summed E-state index contributed by atoms with van der Waals surface area (Å²) in [5, 5.41) is 3.80. The molecule has 2 amide bonds. The summed E-state index contributed by atoms with van der Waals surface area (Å²) >= 11 is 3.51. The minimum absolute atomic E-state index is 0.0492. The average molecular weight is 701 g/mol. The van der Waals surface area contributed by atoms with Crippen molar-refractivity contribution in [3.05, 3.63) is 41.5 Å². The second-order valence-corrected chi connectivity index (χ2v) is 13.8. The fraction of sp³-hybridized carbons (Fsp3) is 0.600. The summed E-state index contributed by atoms with van der Waals surface area (Å²) in [5.74, 6) is 0.569. The highest BCUT2D eigenvalue weighted by Gasteiger charge is 2.47. The van der Waals surface area contributed by atoms with E-state index in [0.717, 1.165) is 75.1 Å². The number of rotatable bonds is 12. The predicted molar refractivity (Wildman–Crippen MR) is 178 cm³/mol. The van der Waals surface area contributed by atoms with Crippen LogP contribution < -0.4 is 14.8 Å². The van der Waals surface area contributed by atoms with Crippen LogP contribution in [0.4, 0.5) is 4.79 Å². The molecule has 0 unspecified atom stereocenters. The molecule has 1 N–H and O–H groups in total. The lowest BCUT2D eigenvalue weighted by Crippen LogP contribution is -2.55. The number of methoxy groups -OCH3 is 2. The number of likely N-dealkylation sites (tertiary alicyclic amines) is 1. The number of amides is 2. The molecule has 1 aliphatic heterocycles. The number of hydrogen-bond acceptors (Lipinski definition) is 8. The first-order valence-electron chi connectivity index (χ1n) is 16.5. The third kappa shape index (κ3) is 7.61. The Morgan fingerprint density at radius 2 is 1.96 bits per heavy atom. The van der Waals surface area contributed by atoms with Gasteiger partial charge in [0.1, 0.15) is 34.1 Å². The first kappa shape index (κ1) is 34.0. The molecule has 0 spiro atoms. The van der Waals surface area contributed by atoms with Crippen LogP contribution in [-0.4, -0.2) is 72.4 Å². The van der Waals surface area contributed by atoms with Gasteiger partial charge in [-0.15, -0.1) is 6.58 Å². The number of allylic oxidation sites excluding steroid dienone is 1. The van der Waals surface area contributed by atoms with E-state index >= 15 is 0 Å². The first-order chi connectivity index (χ1) is 22.1. The molecular formula is C35H46BrN3O7. The van der Waals surface area contributed by atoms with Gasteiger partial charge in [-0.05, 0) is 110 Å². The van der Waals surface area contributed by atoms with Crippen molar-refractivity contribution in [2.75, 3.05) is 20.8 Å². The van der Waals surface area contributed by atoms with Gasteiger partial charge in [-0.25, -0.2) is 14.6 Å². The normalized spacial score (nSPS) is 25.3. The zero-order chi connectivity index (χ0) is 32.8. The van der Waals surface area contributed by atoms with Gasteiger partial charge < -0.3 is 29.2 Å². The molecule has 1 aromatic carbocycles. The van der Waals surface area contributed by atoms with Crippen molar-refractivity contribution in [3.63, 3.8) is 0 Å². The van der Waals surface area contributed by atoms with Gasteiger partial charge in [0.05, 0.1) is 26.3 Å².